The van der Waals surface area contributed by atoms with Crippen LogP contribution in [0.4, 0.5) is 5.69 Å². The maximum atomic E-state index is 12.6. The first-order valence-electron chi connectivity index (χ1n) is 7.31. The van der Waals surface area contributed by atoms with Gasteiger partial charge in [-0.2, -0.15) is 4.31 Å². The second-order valence-corrected chi connectivity index (χ2v) is 7.55. The molecule has 0 unspecified atom stereocenters. The number of hydrogen-bond acceptors (Lipinski definition) is 5. The lowest BCUT2D eigenvalue weighted by atomic mass is 10.2. The number of carbonyl (C=O) groups excluding carboxylic acids is 1. The summed E-state index contributed by atoms with van der Waals surface area (Å²) in [4.78, 5) is 21.3. The first-order valence-corrected chi connectivity index (χ1v) is 8.91. The highest BCUT2D eigenvalue weighted by Crippen LogP contribution is 2.27. The van der Waals surface area contributed by atoms with Crippen molar-refractivity contribution in [3.8, 4) is 0 Å². The number of nitrogens with zero attached hydrogens (tertiary/aromatic N) is 2. The minimum atomic E-state index is -3.72. The SMILES string of the molecule is NC(=O)CN(C1CCCC1)S(=O)(=O)Cc1ccc([N+](=O)[O-])cc1. The van der Waals surface area contributed by atoms with E-state index in [2.05, 4.69) is 0 Å². The number of rotatable bonds is 7. The summed E-state index contributed by atoms with van der Waals surface area (Å²) in [6.07, 6.45) is 3.28. The van der Waals surface area contributed by atoms with Gasteiger partial charge in [0.15, 0.2) is 0 Å². The highest BCUT2D eigenvalue weighted by Gasteiger charge is 2.33. The van der Waals surface area contributed by atoms with E-state index in [9.17, 15) is 23.3 Å². The summed E-state index contributed by atoms with van der Waals surface area (Å²) in [6, 6.07) is 5.14. The van der Waals surface area contributed by atoms with Crippen molar-refractivity contribution in [3.05, 3.63) is 39.9 Å². The summed E-state index contributed by atoms with van der Waals surface area (Å²) < 4.78 is 26.4. The van der Waals surface area contributed by atoms with Crippen LogP contribution in [0.5, 0.6) is 0 Å². The van der Waals surface area contributed by atoms with E-state index in [1.807, 2.05) is 0 Å². The summed E-state index contributed by atoms with van der Waals surface area (Å²) in [7, 11) is -3.72. The zero-order valence-corrected chi connectivity index (χ0v) is 13.4. The number of non-ortho nitro benzene ring substituents is 1. The van der Waals surface area contributed by atoms with Crippen LogP contribution in [-0.2, 0) is 20.6 Å². The minimum absolute atomic E-state index is 0.101. The molecule has 0 atom stereocenters. The molecular formula is C14H19N3O5S. The van der Waals surface area contributed by atoms with Gasteiger partial charge >= 0.3 is 0 Å². The molecule has 1 aliphatic rings. The normalized spacial score (nSPS) is 15.9. The molecule has 23 heavy (non-hydrogen) atoms. The molecule has 1 saturated carbocycles. The lowest BCUT2D eigenvalue weighted by molar-refractivity contribution is -0.384. The van der Waals surface area contributed by atoms with E-state index in [-0.39, 0.29) is 24.0 Å². The first kappa shape index (κ1) is 17.4. The van der Waals surface area contributed by atoms with Crippen LogP contribution < -0.4 is 5.73 Å². The van der Waals surface area contributed by atoms with Crippen LogP contribution in [0.2, 0.25) is 0 Å². The van der Waals surface area contributed by atoms with Crippen molar-refractivity contribution < 1.29 is 18.1 Å². The van der Waals surface area contributed by atoms with Gasteiger partial charge in [0.25, 0.3) is 5.69 Å². The van der Waals surface area contributed by atoms with Crippen LogP contribution in [-0.4, -0.2) is 36.1 Å². The molecule has 1 aliphatic carbocycles. The standard InChI is InChI=1S/C14H19N3O5S/c15-14(18)9-16(12-3-1-2-4-12)23(21,22)10-11-5-7-13(8-6-11)17(19)20/h5-8,12H,1-4,9-10H2,(H2,15,18). The molecule has 0 radical (unpaired) electrons. The molecule has 1 aromatic rings. The molecule has 1 aromatic carbocycles. The topological polar surface area (TPSA) is 124 Å². The maximum absolute atomic E-state index is 12.6. The molecule has 0 aromatic heterocycles. The number of nitrogens with two attached hydrogens (primary N) is 1. The van der Waals surface area contributed by atoms with E-state index < -0.39 is 20.9 Å². The van der Waals surface area contributed by atoms with Crippen LogP contribution >= 0.6 is 0 Å². The number of sulfonamides is 1. The Hall–Kier alpha value is -2.00. The zero-order valence-electron chi connectivity index (χ0n) is 12.6. The number of primary amides is 1. The number of nitro benzene ring substituents is 1. The molecule has 0 aliphatic heterocycles. The van der Waals surface area contributed by atoms with Crippen LogP contribution in [0.3, 0.4) is 0 Å². The predicted octanol–water partition coefficient (Wildman–Crippen LogP) is 1.15. The van der Waals surface area contributed by atoms with Crippen molar-refractivity contribution in [2.24, 2.45) is 5.73 Å². The first-order chi connectivity index (χ1) is 10.8. The van der Waals surface area contributed by atoms with Gasteiger partial charge in [-0.25, -0.2) is 8.42 Å². The van der Waals surface area contributed by atoms with Gasteiger partial charge < -0.3 is 5.73 Å². The Labute approximate surface area is 134 Å². The van der Waals surface area contributed by atoms with Crippen LogP contribution in [0.15, 0.2) is 24.3 Å². The molecule has 2 rings (SSSR count). The van der Waals surface area contributed by atoms with Crippen molar-refractivity contribution in [1.82, 2.24) is 4.31 Å². The third-order valence-electron chi connectivity index (χ3n) is 3.90. The quantitative estimate of drug-likeness (QED) is 0.588. The summed E-state index contributed by atoms with van der Waals surface area (Å²) in [5, 5.41) is 10.6. The van der Waals surface area contributed by atoms with Crippen molar-refractivity contribution in [1.29, 1.82) is 0 Å². The number of nitro groups is 1. The Balaban J connectivity index is 2.19. The Bertz CT molecular complexity index is 681. The van der Waals surface area contributed by atoms with Gasteiger partial charge in [-0.15, -0.1) is 0 Å². The van der Waals surface area contributed by atoms with Gasteiger partial charge in [0.05, 0.1) is 17.2 Å². The molecule has 0 spiro atoms. The molecule has 8 nitrogen and oxygen atoms in total. The average Bonchev–Trinajstić information content (AvgIpc) is 2.98. The Kier molecular flexibility index (Phi) is 5.32. The fourth-order valence-electron chi connectivity index (χ4n) is 2.81. The molecule has 2 N–H and O–H groups in total. The number of amides is 1. The van der Waals surface area contributed by atoms with E-state index >= 15 is 0 Å². The molecule has 126 valence electrons. The van der Waals surface area contributed by atoms with Crippen molar-refractivity contribution in [3.63, 3.8) is 0 Å². The fourth-order valence-corrected chi connectivity index (χ4v) is 4.58. The Morgan fingerprint density at radius 1 is 1.26 bits per heavy atom. The minimum Gasteiger partial charge on any atom is -0.369 e. The molecule has 0 saturated heterocycles. The average molecular weight is 341 g/mol. The summed E-state index contributed by atoms with van der Waals surface area (Å²) >= 11 is 0. The largest absolute Gasteiger partial charge is 0.369 e. The molecule has 0 bridgehead atoms. The van der Waals surface area contributed by atoms with Crippen molar-refractivity contribution in [2.45, 2.75) is 37.5 Å². The van der Waals surface area contributed by atoms with E-state index in [0.29, 0.717) is 18.4 Å². The Morgan fingerprint density at radius 2 is 1.83 bits per heavy atom. The van der Waals surface area contributed by atoms with E-state index in [1.165, 1.54) is 28.6 Å². The molecule has 9 heteroatoms. The second kappa shape index (κ2) is 7.05. The highest BCUT2D eigenvalue weighted by atomic mass is 32.2. The van der Waals surface area contributed by atoms with Gasteiger partial charge in [-0.3, -0.25) is 14.9 Å². The molecular weight excluding hydrogens is 322 g/mol. The van der Waals surface area contributed by atoms with E-state index in [1.54, 1.807) is 0 Å². The van der Waals surface area contributed by atoms with Gasteiger partial charge in [-0.1, -0.05) is 25.0 Å². The third-order valence-corrected chi connectivity index (χ3v) is 5.74. The monoisotopic (exact) mass is 341 g/mol. The predicted molar refractivity (Wildman–Crippen MR) is 83.9 cm³/mol. The molecule has 1 fully saturated rings. The van der Waals surface area contributed by atoms with Crippen molar-refractivity contribution >= 4 is 21.6 Å². The number of carbonyl (C=O) groups is 1. The van der Waals surface area contributed by atoms with Crippen molar-refractivity contribution in [2.75, 3.05) is 6.54 Å². The smallest absolute Gasteiger partial charge is 0.269 e. The van der Waals surface area contributed by atoms with Gasteiger partial charge in [0.1, 0.15) is 0 Å². The molecule has 0 heterocycles. The summed E-state index contributed by atoms with van der Waals surface area (Å²) in [6.45, 7) is -0.333. The lowest BCUT2D eigenvalue weighted by Gasteiger charge is -2.26. The summed E-state index contributed by atoms with van der Waals surface area (Å²) in [5.41, 5.74) is 5.52. The maximum Gasteiger partial charge on any atom is 0.269 e. The van der Waals surface area contributed by atoms with E-state index in [0.717, 1.165) is 12.8 Å². The summed E-state index contributed by atoms with van der Waals surface area (Å²) in [5.74, 6) is -1.00. The highest BCUT2D eigenvalue weighted by molar-refractivity contribution is 7.88. The van der Waals surface area contributed by atoms with Gasteiger partial charge in [0, 0.05) is 18.2 Å². The molecule has 1 amide bonds. The van der Waals surface area contributed by atoms with Crippen LogP contribution in [0, 0.1) is 10.1 Å². The van der Waals surface area contributed by atoms with E-state index in [4.69, 9.17) is 5.73 Å². The third kappa shape index (κ3) is 4.49. The fraction of sp³-hybridized carbons (Fsp3) is 0.500. The van der Waals surface area contributed by atoms with Crippen LogP contribution in [0.1, 0.15) is 31.2 Å². The van der Waals surface area contributed by atoms with Crippen LogP contribution in [0.25, 0.3) is 0 Å². The van der Waals surface area contributed by atoms with Gasteiger partial charge in [-0.05, 0) is 18.4 Å². The van der Waals surface area contributed by atoms with Gasteiger partial charge in [0.2, 0.25) is 15.9 Å². The second-order valence-electron chi connectivity index (χ2n) is 5.63. The number of hydrogen-bond donors (Lipinski definition) is 1. The number of benzene rings is 1. The lowest BCUT2D eigenvalue weighted by Crippen LogP contribution is -2.44. The zero-order chi connectivity index (χ0) is 17.0. The Morgan fingerprint density at radius 3 is 2.30 bits per heavy atom.